The predicted molar refractivity (Wildman–Crippen MR) is 146 cm³/mol. The van der Waals surface area contributed by atoms with Crippen molar-refractivity contribution in [2.24, 2.45) is 11.8 Å². The fraction of sp³-hybridized carbons (Fsp3) is 0.867. The van der Waals surface area contributed by atoms with Gasteiger partial charge in [-0.15, -0.1) is 0 Å². The Balaban J connectivity index is 3.96. The molecule has 0 bridgehead atoms. The van der Waals surface area contributed by atoms with E-state index in [1.54, 1.807) is 6.08 Å². The zero-order chi connectivity index (χ0) is 25.6. The molecule has 0 atom stereocenters. The number of unbranched alkanes of at least 4 members (excludes halogenated alkanes) is 15. The quantitative estimate of drug-likeness (QED) is 0.118. The van der Waals surface area contributed by atoms with E-state index in [4.69, 9.17) is 0 Å². The number of carbonyl (C=O) groups is 2. The van der Waals surface area contributed by atoms with Crippen LogP contribution in [0.1, 0.15) is 144 Å². The van der Waals surface area contributed by atoms with Crippen LogP contribution in [0.25, 0.3) is 0 Å². The summed E-state index contributed by atoms with van der Waals surface area (Å²) in [5, 5.41) is 9.55. The van der Waals surface area contributed by atoms with Crippen LogP contribution in [0.15, 0.2) is 11.6 Å². The minimum atomic E-state index is -0.955. The zero-order valence-electron chi connectivity index (χ0n) is 23.4. The monoisotopic (exact) mass is 479 g/mol. The van der Waals surface area contributed by atoms with Crippen LogP contribution >= 0.6 is 0 Å². The van der Waals surface area contributed by atoms with Crippen molar-refractivity contribution in [2.45, 2.75) is 144 Å². The topological polar surface area (TPSA) is 57.6 Å². The summed E-state index contributed by atoms with van der Waals surface area (Å²) < 4.78 is 0. The minimum absolute atomic E-state index is 0.00745. The first-order valence-corrected chi connectivity index (χ1v) is 14.5. The molecule has 0 aliphatic rings. The van der Waals surface area contributed by atoms with Gasteiger partial charge in [0, 0.05) is 18.7 Å². The summed E-state index contributed by atoms with van der Waals surface area (Å²) in [5.41, 5.74) is 0.257. The van der Waals surface area contributed by atoms with Gasteiger partial charge in [0.15, 0.2) is 0 Å². The molecule has 4 heteroatoms. The molecule has 0 fully saturated rings. The summed E-state index contributed by atoms with van der Waals surface area (Å²) in [4.78, 5) is 26.2. The normalized spacial score (nSPS) is 12.0. The third-order valence-corrected chi connectivity index (χ3v) is 6.34. The number of hydrogen-bond donors (Lipinski definition) is 1. The van der Waals surface area contributed by atoms with Gasteiger partial charge in [0.25, 0.3) is 0 Å². The number of amides is 1. The van der Waals surface area contributed by atoms with Crippen molar-refractivity contribution in [3.8, 4) is 0 Å². The van der Waals surface area contributed by atoms with E-state index in [0.717, 1.165) is 19.3 Å². The van der Waals surface area contributed by atoms with Gasteiger partial charge in [0.2, 0.25) is 5.91 Å². The predicted octanol–water partition coefficient (Wildman–Crippen LogP) is 8.79. The van der Waals surface area contributed by atoms with Crippen LogP contribution in [0, 0.1) is 11.8 Å². The zero-order valence-corrected chi connectivity index (χ0v) is 23.4. The maximum atomic E-state index is 12.7. The average Bonchev–Trinajstić information content (AvgIpc) is 2.76. The van der Waals surface area contributed by atoms with E-state index in [1.165, 1.54) is 83.5 Å². The molecule has 0 rings (SSSR count). The Bertz CT molecular complexity index is 529. The van der Waals surface area contributed by atoms with E-state index in [9.17, 15) is 14.7 Å². The molecular weight excluding hydrogens is 422 g/mol. The van der Waals surface area contributed by atoms with Gasteiger partial charge in [0.05, 0.1) is 6.42 Å². The second-order valence-electron chi connectivity index (χ2n) is 11.0. The SMILES string of the molecule is CCCCCCCCCCCCCCCCCC=C(CC(=O)N(CC(C)C)CC(C)C)C(=O)O. The fourth-order valence-electron chi connectivity index (χ4n) is 4.46. The molecule has 0 spiro atoms. The lowest BCUT2D eigenvalue weighted by Gasteiger charge is -2.26. The Morgan fingerprint density at radius 2 is 1.06 bits per heavy atom. The summed E-state index contributed by atoms with van der Waals surface area (Å²) in [5.74, 6) is -0.267. The third kappa shape index (κ3) is 20.1. The standard InChI is InChI=1S/C30H57NO3/c1-6-7-8-9-10-11-12-13-14-15-16-17-18-19-20-21-22-28(30(33)34)23-29(32)31(24-26(2)3)25-27(4)5/h22,26-27H,6-21,23-25H2,1-5H3,(H,33,34). The van der Waals surface area contributed by atoms with Crippen LogP contribution in [0.3, 0.4) is 0 Å². The van der Waals surface area contributed by atoms with Gasteiger partial charge >= 0.3 is 5.97 Å². The minimum Gasteiger partial charge on any atom is -0.478 e. The van der Waals surface area contributed by atoms with Gasteiger partial charge in [-0.05, 0) is 24.7 Å². The lowest BCUT2D eigenvalue weighted by Crippen LogP contribution is -2.37. The number of allylic oxidation sites excluding steroid dienone is 1. The van der Waals surface area contributed by atoms with E-state index in [2.05, 4.69) is 34.6 Å². The van der Waals surface area contributed by atoms with Gasteiger partial charge in [-0.25, -0.2) is 4.79 Å². The molecule has 0 aliphatic heterocycles. The first kappa shape index (κ1) is 32.7. The maximum Gasteiger partial charge on any atom is 0.331 e. The fourth-order valence-corrected chi connectivity index (χ4v) is 4.46. The molecular formula is C30H57NO3. The van der Waals surface area contributed by atoms with Crippen molar-refractivity contribution in [3.63, 3.8) is 0 Å². The molecule has 0 aromatic carbocycles. The van der Waals surface area contributed by atoms with Crippen molar-refractivity contribution in [1.82, 2.24) is 4.90 Å². The number of aliphatic carboxylic acids is 1. The molecule has 0 aliphatic carbocycles. The van der Waals surface area contributed by atoms with Crippen LogP contribution in [-0.2, 0) is 9.59 Å². The molecule has 1 N–H and O–H groups in total. The van der Waals surface area contributed by atoms with Crippen LogP contribution in [0.4, 0.5) is 0 Å². The Morgan fingerprint density at radius 1 is 0.676 bits per heavy atom. The van der Waals surface area contributed by atoms with E-state index in [0.29, 0.717) is 24.9 Å². The number of rotatable bonds is 23. The average molecular weight is 480 g/mol. The van der Waals surface area contributed by atoms with Gasteiger partial charge < -0.3 is 10.0 Å². The van der Waals surface area contributed by atoms with Crippen molar-refractivity contribution in [1.29, 1.82) is 0 Å². The largest absolute Gasteiger partial charge is 0.478 e. The Kier molecular flexibility index (Phi) is 21.3. The van der Waals surface area contributed by atoms with E-state index < -0.39 is 5.97 Å². The first-order chi connectivity index (χ1) is 16.3. The Morgan fingerprint density at radius 3 is 1.41 bits per heavy atom. The van der Waals surface area contributed by atoms with Crippen LogP contribution in [0.5, 0.6) is 0 Å². The number of carboxylic acids is 1. The van der Waals surface area contributed by atoms with Crippen molar-refractivity contribution < 1.29 is 14.7 Å². The number of carboxylic acid groups (broad SMARTS) is 1. The summed E-state index contributed by atoms with van der Waals surface area (Å²) >= 11 is 0. The van der Waals surface area contributed by atoms with Crippen molar-refractivity contribution in [2.75, 3.05) is 13.1 Å². The highest BCUT2D eigenvalue weighted by Crippen LogP contribution is 2.15. The number of carbonyl (C=O) groups excluding carboxylic acids is 1. The molecule has 0 unspecified atom stereocenters. The lowest BCUT2D eigenvalue weighted by atomic mass is 10.0. The second kappa shape index (κ2) is 22.2. The first-order valence-electron chi connectivity index (χ1n) is 14.5. The van der Waals surface area contributed by atoms with E-state index >= 15 is 0 Å². The van der Waals surface area contributed by atoms with Gasteiger partial charge in [0.1, 0.15) is 0 Å². The van der Waals surface area contributed by atoms with Crippen LogP contribution in [-0.4, -0.2) is 35.0 Å². The number of hydrogen-bond acceptors (Lipinski definition) is 2. The molecule has 0 saturated heterocycles. The molecule has 0 saturated carbocycles. The highest BCUT2D eigenvalue weighted by Gasteiger charge is 2.20. The summed E-state index contributed by atoms with van der Waals surface area (Å²) in [6.07, 6.45) is 22.4. The van der Waals surface area contributed by atoms with Crippen LogP contribution in [0.2, 0.25) is 0 Å². The van der Waals surface area contributed by atoms with Crippen molar-refractivity contribution in [3.05, 3.63) is 11.6 Å². The Hall–Kier alpha value is -1.32. The summed E-state index contributed by atoms with van der Waals surface area (Å²) in [6.45, 7) is 12.0. The second-order valence-corrected chi connectivity index (χ2v) is 11.0. The third-order valence-electron chi connectivity index (χ3n) is 6.34. The lowest BCUT2D eigenvalue weighted by molar-refractivity contribution is -0.136. The van der Waals surface area contributed by atoms with Crippen molar-refractivity contribution >= 4 is 11.9 Å². The molecule has 0 heterocycles. The highest BCUT2D eigenvalue weighted by atomic mass is 16.4. The molecule has 34 heavy (non-hydrogen) atoms. The molecule has 200 valence electrons. The van der Waals surface area contributed by atoms with Crippen LogP contribution < -0.4 is 0 Å². The molecule has 0 aromatic rings. The summed E-state index contributed by atoms with van der Waals surface area (Å²) in [6, 6.07) is 0. The van der Waals surface area contributed by atoms with E-state index in [-0.39, 0.29) is 17.9 Å². The molecule has 0 aromatic heterocycles. The molecule has 1 amide bonds. The smallest absolute Gasteiger partial charge is 0.331 e. The van der Waals surface area contributed by atoms with Gasteiger partial charge in [-0.1, -0.05) is 131 Å². The molecule has 4 nitrogen and oxygen atoms in total. The Labute approximate surface area is 212 Å². The highest BCUT2D eigenvalue weighted by molar-refractivity contribution is 5.94. The molecule has 0 radical (unpaired) electrons. The summed E-state index contributed by atoms with van der Waals surface area (Å²) in [7, 11) is 0. The maximum absolute atomic E-state index is 12.7. The number of nitrogens with zero attached hydrogens (tertiary/aromatic N) is 1. The van der Waals surface area contributed by atoms with Gasteiger partial charge in [-0.3, -0.25) is 4.79 Å². The van der Waals surface area contributed by atoms with E-state index in [1.807, 2.05) is 4.90 Å². The van der Waals surface area contributed by atoms with Gasteiger partial charge in [-0.2, -0.15) is 0 Å².